The van der Waals surface area contributed by atoms with Crippen molar-refractivity contribution in [3.63, 3.8) is 0 Å². The van der Waals surface area contributed by atoms with Gasteiger partial charge in [0, 0.05) is 11.3 Å². The number of benzene rings is 3. The predicted octanol–water partition coefficient (Wildman–Crippen LogP) is 5.07. The minimum absolute atomic E-state index is 0.123. The molecule has 0 aliphatic rings. The predicted molar refractivity (Wildman–Crippen MR) is 121 cm³/mol. The Kier molecular flexibility index (Phi) is 6.51. The second kappa shape index (κ2) is 9.65. The average Bonchev–Trinajstić information content (AvgIpc) is 3.27. The van der Waals surface area contributed by atoms with Gasteiger partial charge in [0.1, 0.15) is 17.3 Å². The number of thioether (sulfide) groups is 1. The molecule has 8 heteroatoms. The van der Waals surface area contributed by atoms with Gasteiger partial charge in [0.2, 0.25) is 0 Å². The lowest BCUT2D eigenvalue weighted by molar-refractivity contribution is 0.101. The number of rotatable bonds is 8. The Morgan fingerprint density at radius 2 is 1.72 bits per heavy atom. The first-order valence-corrected chi connectivity index (χ1v) is 10.7. The highest BCUT2D eigenvalue weighted by Gasteiger charge is 2.19. The average molecular weight is 450 g/mol. The summed E-state index contributed by atoms with van der Waals surface area (Å²) < 4.78 is 25.8. The smallest absolute Gasteiger partial charge is 0.196 e. The maximum Gasteiger partial charge on any atom is 0.196 e. The first-order chi connectivity index (χ1) is 15.6. The van der Waals surface area contributed by atoms with Crippen molar-refractivity contribution in [2.45, 2.75) is 5.16 Å². The van der Waals surface area contributed by atoms with E-state index in [9.17, 15) is 9.18 Å². The van der Waals surface area contributed by atoms with E-state index in [0.717, 1.165) is 11.3 Å². The van der Waals surface area contributed by atoms with Gasteiger partial charge >= 0.3 is 0 Å². The topological polar surface area (TPSA) is 66.2 Å². The number of hydrogen-bond donors (Lipinski definition) is 0. The molecular weight excluding hydrogens is 429 g/mol. The number of hydrogen-bond acceptors (Lipinski definition) is 6. The fourth-order valence-corrected chi connectivity index (χ4v) is 4.03. The van der Waals surface area contributed by atoms with Crippen molar-refractivity contribution in [1.29, 1.82) is 0 Å². The third-order valence-electron chi connectivity index (χ3n) is 4.79. The summed E-state index contributed by atoms with van der Waals surface area (Å²) in [4.78, 5) is 13.0. The van der Waals surface area contributed by atoms with Crippen LogP contribution in [0.3, 0.4) is 0 Å². The molecule has 162 valence electrons. The summed E-state index contributed by atoms with van der Waals surface area (Å²) in [7, 11) is 3.07. The maximum absolute atomic E-state index is 13.4. The largest absolute Gasteiger partial charge is 0.497 e. The lowest BCUT2D eigenvalue weighted by atomic mass is 10.1. The third-order valence-corrected chi connectivity index (χ3v) is 5.72. The fourth-order valence-electron chi connectivity index (χ4n) is 3.20. The summed E-state index contributed by atoms with van der Waals surface area (Å²) in [6.45, 7) is 0. The SMILES string of the molecule is COc1ccc(OC)c(C(=O)CSc2nnc(-c3ccc(F)cc3)n2-c2ccccc2)c1. The molecule has 0 bridgehead atoms. The molecule has 0 atom stereocenters. The molecule has 6 nitrogen and oxygen atoms in total. The highest BCUT2D eigenvalue weighted by atomic mass is 32.2. The number of halogens is 1. The summed E-state index contributed by atoms with van der Waals surface area (Å²) in [6.07, 6.45) is 0. The molecule has 0 fully saturated rings. The summed E-state index contributed by atoms with van der Waals surface area (Å²) >= 11 is 1.27. The highest BCUT2D eigenvalue weighted by Crippen LogP contribution is 2.30. The van der Waals surface area contributed by atoms with Crippen LogP contribution in [0.25, 0.3) is 17.1 Å². The molecule has 1 aromatic heterocycles. The fraction of sp³-hybridized carbons (Fsp3) is 0.125. The van der Waals surface area contributed by atoms with E-state index >= 15 is 0 Å². The summed E-state index contributed by atoms with van der Waals surface area (Å²) in [6, 6.07) is 20.7. The van der Waals surface area contributed by atoms with Crippen molar-refractivity contribution in [2.24, 2.45) is 0 Å². The monoisotopic (exact) mass is 449 g/mol. The molecule has 0 amide bonds. The zero-order chi connectivity index (χ0) is 22.5. The Morgan fingerprint density at radius 1 is 0.969 bits per heavy atom. The lowest BCUT2D eigenvalue weighted by Gasteiger charge is -2.11. The minimum atomic E-state index is -0.327. The van der Waals surface area contributed by atoms with Crippen LogP contribution < -0.4 is 9.47 Å². The van der Waals surface area contributed by atoms with Gasteiger partial charge in [0.05, 0.1) is 25.5 Å². The standard InChI is InChI=1S/C24H20FN3O3S/c1-30-19-12-13-22(31-2)20(14-19)21(29)15-32-24-27-26-23(16-8-10-17(25)11-9-16)28(24)18-6-4-3-5-7-18/h3-14H,15H2,1-2H3. The van der Waals surface area contributed by atoms with Crippen molar-refractivity contribution in [1.82, 2.24) is 14.8 Å². The van der Waals surface area contributed by atoms with Gasteiger partial charge in [-0.2, -0.15) is 0 Å². The second-order valence-corrected chi connectivity index (χ2v) is 7.70. The van der Waals surface area contributed by atoms with E-state index in [0.29, 0.717) is 28.0 Å². The van der Waals surface area contributed by atoms with Gasteiger partial charge in [-0.25, -0.2) is 4.39 Å². The molecule has 3 aromatic carbocycles. The van der Waals surface area contributed by atoms with Gasteiger partial charge in [-0.15, -0.1) is 10.2 Å². The minimum Gasteiger partial charge on any atom is -0.497 e. The van der Waals surface area contributed by atoms with Crippen LogP contribution in [0.15, 0.2) is 78.0 Å². The van der Waals surface area contributed by atoms with Crippen molar-refractivity contribution in [3.8, 4) is 28.6 Å². The van der Waals surface area contributed by atoms with E-state index in [1.165, 1.54) is 31.0 Å². The molecule has 0 saturated carbocycles. The Hall–Kier alpha value is -3.65. The summed E-state index contributed by atoms with van der Waals surface area (Å²) in [5.74, 6) is 1.28. The molecular formula is C24H20FN3O3S. The van der Waals surface area contributed by atoms with Gasteiger partial charge in [-0.1, -0.05) is 30.0 Å². The first-order valence-electron chi connectivity index (χ1n) is 9.75. The van der Waals surface area contributed by atoms with Crippen LogP contribution in [0, 0.1) is 5.82 Å². The molecule has 0 aliphatic carbocycles. The molecule has 0 saturated heterocycles. The molecule has 0 N–H and O–H groups in total. The van der Waals surface area contributed by atoms with Crippen LogP contribution in [0.2, 0.25) is 0 Å². The normalized spacial score (nSPS) is 10.7. The van der Waals surface area contributed by atoms with E-state index in [-0.39, 0.29) is 17.4 Å². The molecule has 4 aromatic rings. The number of carbonyl (C=O) groups is 1. The number of nitrogens with zero attached hydrogens (tertiary/aromatic N) is 3. The summed E-state index contributed by atoms with van der Waals surface area (Å²) in [5.41, 5.74) is 1.99. The van der Waals surface area contributed by atoms with Crippen LogP contribution in [0.1, 0.15) is 10.4 Å². The molecule has 0 unspecified atom stereocenters. The zero-order valence-electron chi connectivity index (χ0n) is 17.5. The quantitative estimate of drug-likeness (QED) is 0.277. The number of aromatic nitrogens is 3. The van der Waals surface area contributed by atoms with Gasteiger partial charge in [0.15, 0.2) is 16.8 Å². The lowest BCUT2D eigenvalue weighted by Crippen LogP contribution is -2.07. The number of ether oxygens (including phenoxy) is 2. The van der Waals surface area contributed by atoms with Crippen molar-refractivity contribution >= 4 is 17.5 Å². The van der Waals surface area contributed by atoms with Crippen LogP contribution in [0.4, 0.5) is 4.39 Å². The molecule has 0 radical (unpaired) electrons. The van der Waals surface area contributed by atoms with Crippen molar-refractivity contribution in [3.05, 3.63) is 84.2 Å². The Morgan fingerprint density at radius 3 is 2.41 bits per heavy atom. The van der Waals surface area contributed by atoms with E-state index in [1.54, 1.807) is 37.4 Å². The van der Waals surface area contributed by atoms with E-state index < -0.39 is 0 Å². The zero-order valence-corrected chi connectivity index (χ0v) is 18.3. The van der Waals surface area contributed by atoms with Crippen LogP contribution >= 0.6 is 11.8 Å². The molecule has 0 spiro atoms. The molecule has 4 rings (SSSR count). The van der Waals surface area contributed by atoms with Gasteiger partial charge < -0.3 is 9.47 Å². The number of para-hydroxylation sites is 1. The van der Waals surface area contributed by atoms with Gasteiger partial charge in [-0.05, 0) is 54.6 Å². The van der Waals surface area contributed by atoms with E-state index in [1.807, 2.05) is 34.9 Å². The van der Waals surface area contributed by atoms with Crippen LogP contribution in [0.5, 0.6) is 11.5 Å². The number of carbonyl (C=O) groups excluding carboxylic acids is 1. The van der Waals surface area contributed by atoms with Crippen LogP contribution in [-0.4, -0.2) is 40.5 Å². The van der Waals surface area contributed by atoms with Crippen molar-refractivity contribution in [2.75, 3.05) is 20.0 Å². The van der Waals surface area contributed by atoms with Crippen molar-refractivity contribution < 1.29 is 18.7 Å². The molecule has 32 heavy (non-hydrogen) atoms. The third kappa shape index (κ3) is 4.50. The van der Waals surface area contributed by atoms with Crippen LogP contribution in [-0.2, 0) is 0 Å². The Bertz CT molecular complexity index is 1230. The van der Waals surface area contributed by atoms with Gasteiger partial charge in [-0.3, -0.25) is 9.36 Å². The van der Waals surface area contributed by atoms with E-state index in [4.69, 9.17) is 9.47 Å². The molecule has 1 heterocycles. The Labute approximate surface area is 189 Å². The number of methoxy groups -OCH3 is 2. The number of ketones is 1. The van der Waals surface area contributed by atoms with E-state index in [2.05, 4.69) is 10.2 Å². The highest BCUT2D eigenvalue weighted by molar-refractivity contribution is 7.99. The summed E-state index contributed by atoms with van der Waals surface area (Å²) in [5, 5.41) is 9.17. The van der Waals surface area contributed by atoms with Gasteiger partial charge in [0.25, 0.3) is 0 Å². The maximum atomic E-state index is 13.4. The number of Topliss-reactive ketones (excluding diaryl/α,β-unsaturated/α-hetero) is 1. The Balaban J connectivity index is 1.66. The second-order valence-electron chi connectivity index (χ2n) is 6.76. The molecule has 0 aliphatic heterocycles. The first kappa shape index (κ1) is 21.6.